The van der Waals surface area contributed by atoms with E-state index in [1.165, 1.54) is 19.9 Å². The number of guanidine groups is 1. The fourth-order valence-electron chi connectivity index (χ4n) is 6.75. The molecule has 1 unspecified atom stereocenters. The number of nitrogens with two attached hydrogens (primary N) is 3. The monoisotopic (exact) mass is 981 g/mol. The smallest absolute Gasteiger partial charge is 0.336 e. The number of rotatable bonds is 24. The molecule has 1 aromatic heterocycles. The number of fused-ring (bicyclic) bond motifs is 1. The number of hydrogen-bond acceptors (Lipinski definition) is 17. The van der Waals surface area contributed by atoms with Crippen LogP contribution in [0, 0.1) is 32.1 Å². The average Bonchev–Trinajstić information content (AvgIpc) is 3.81. The SMILES string of the molecule is CC(=O)C1CN[C@H](C(=O)N[C@@H](CC(C)C)C(=O)NCC(=O)N[C@@H](CNc2ccc([N+](=O)[O-])cc2[N+](=O)[O-])C(=O)N[C@@H](C)C(=O)N[C@@H](CCCN=C(N)N)C(N)=O)C1.COc1ccc2ccc(=O)oc2c1. The highest BCUT2D eigenvalue weighted by molar-refractivity contribution is 5.96. The number of primary amides is 1. The molecule has 1 saturated heterocycles. The molecule has 6 amide bonds. The van der Waals surface area contributed by atoms with Gasteiger partial charge in [0.15, 0.2) is 5.96 Å². The molecule has 0 radical (unpaired) electrons. The first kappa shape index (κ1) is 56.1. The molecule has 0 saturated carbocycles. The second kappa shape index (κ2) is 26.9. The molecule has 6 atom stereocenters. The highest BCUT2D eigenvalue weighted by Gasteiger charge is 2.34. The first-order valence-corrected chi connectivity index (χ1v) is 21.8. The third-order valence-electron chi connectivity index (χ3n) is 10.5. The maximum absolute atomic E-state index is 13.5. The number of ether oxygens (including phenoxy) is 1. The topological polar surface area (TPSA) is 420 Å². The number of nitrogens with one attached hydrogen (secondary N) is 7. The van der Waals surface area contributed by atoms with Crippen molar-refractivity contribution in [2.24, 2.45) is 34.0 Å². The van der Waals surface area contributed by atoms with Crippen molar-refractivity contribution in [3.63, 3.8) is 0 Å². The van der Waals surface area contributed by atoms with Crippen LogP contribution in [-0.2, 0) is 33.6 Å². The molecule has 13 N–H and O–H groups in total. The Bertz CT molecular complexity index is 2490. The molecule has 0 spiro atoms. The second-order valence-electron chi connectivity index (χ2n) is 16.4. The number of ketones is 1. The zero-order chi connectivity index (χ0) is 52.2. The van der Waals surface area contributed by atoms with Crippen LogP contribution in [-0.4, -0.2) is 121 Å². The molecule has 0 aliphatic carbocycles. The van der Waals surface area contributed by atoms with Crippen molar-refractivity contribution in [2.75, 3.05) is 38.6 Å². The molecule has 1 fully saturated rings. The number of amides is 6. The molecule has 2 heterocycles. The van der Waals surface area contributed by atoms with Crippen LogP contribution in [0.15, 0.2) is 62.7 Å². The molecule has 3 aromatic rings. The van der Waals surface area contributed by atoms with E-state index < -0.39 is 100.0 Å². The molecule has 4 rings (SSSR count). The van der Waals surface area contributed by atoms with E-state index in [2.05, 4.69) is 42.2 Å². The Kier molecular flexibility index (Phi) is 21.6. The van der Waals surface area contributed by atoms with Crippen molar-refractivity contribution >= 4 is 75.2 Å². The quantitative estimate of drug-likeness (QED) is 0.0128. The molecule has 1 aliphatic heterocycles. The zero-order valence-corrected chi connectivity index (χ0v) is 39.1. The van der Waals surface area contributed by atoms with E-state index in [0.29, 0.717) is 23.9 Å². The Morgan fingerprint density at radius 2 is 1.57 bits per heavy atom. The van der Waals surface area contributed by atoms with Gasteiger partial charge in [-0.2, -0.15) is 0 Å². The molecule has 27 nitrogen and oxygen atoms in total. The number of Topliss-reactive ketones (excluding diaryl/α,β-unsaturated/α-hetero) is 1. The predicted molar refractivity (Wildman–Crippen MR) is 253 cm³/mol. The zero-order valence-electron chi connectivity index (χ0n) is 39.1. The average molecular weight is 982 g/mol. The number of nitro groups is 2. The number of carbonyl (C=O) groups excluding carboxylic acids is 7. The van der Waals surface area contributed by atoms with E-state index in [-0.39, 0.29) is 67.1 Å². The van der Waals surface area contributed by atoms with Gasteiger partial charge in [0.05, 0.1) is 35.6 Å². The summed E-state index contributed by atoms with van der Waals surface area (Å²) in [6.45, 7) is 5.52. The van der Waals surface area contributed by atoms with Gasteiger partial charge in [-0.25, -0.2) is 4.79 Å². The number of carbonyl (C=O) groups is 7. The van der Waals surface area contributed by atoms with E-state index >= 15 is 0 Å². The summed E-state index contributed by atoms with van der Waals surface area (Å²) in [6, 6.07) is 5.34. The van der Waals surface area contributed by atoms with Crippen molar-refractivity contribution in [3.8, 4) is 5.75 Å². The fraction of sp³-hybridized carbons (Fsp3) is 0.465. The maximum atomic E-state index is 13.5. The van der Waals surface area contributed by atoms with Crippen molar-refractivity contribution in [1.29, 1.82) is 0 Å². The van der Waals surface area contributed by atoms with Gasteiger partial charge in [-0.05, 0) is 69.7 Å². The van der Waals surface area contributed by atoms with Gasteiger partial charge in [0, 0.05) is 49.1 Å². The van der Waals surface area contributed by atoms with Crippen LogP contribution in [0.3, 0.4) is 0 Å². The minimum Gasteiger partial charge on any atom is -0.497 e. The molecule has 70 heavy (non-hydrogen) atoms. The lowest BCUT2D eigenvalue weighted by molar-refractivity contribution is -0.393. The summed E-state index contributed by atoms with van der Waals surface area (Å²) in [7, 11) is 1.57. The van der Waals surface area contributed by atoms with Crippen molar-refractivity contribution in [1.82, 2.24) is 31.9 Å². The molecule has 1 aliphatic rings. The molecule has 2 aromatic carbocycles. The summed E-state index contributed by atoms with van der Waals surface area (Å²) < 4.78 is 9.97. The lowest BCUT2D eigenvalue weighted by Crippen LogP contribution is -2.58. The third-order valence-corrected chi connectivity index (χ3v) is 10.5. The molecule has 27 heteroatoms. The standard InChI is InChI=1S/C33H51N13O11.C10H8O3/c1-16(2)10-24(44-31(52)23-11-19(13-38-23)18(4)47)30(51)40-15-27(48)42-25(14-39-21-8-7-20(45(54)55)12-26(21)46(56)57)32(53)41-17(3)29(50)43-22(28(34)49)6-5-9-37-33(35)36;1-12-8-4-2-7-3-5-10(11)13-9(7)6-8/h7-8,12,16-17,19,22-25,38-39H,5-6,9-11,13-15H2,1-4H3,(H2,34,49)(H,40,51)(H,41,53)(H,42,48)(H,43,50)(H,44,52)(H4,35,36,37);2-6H,1H3/t17-,19?,22-,23-,24-,25-;/m0./s1. The molecule has 0 bridgehead atoms. The van der Waals surface area contributed by atoms with Gasteiger partial charge in [-0.15, -0.1) is 0 Å². The number of nitro benzene ring substituents is 2. The number of non-ortho nitro benzene ring substituents is 1. The number of anilines is 1. The van der Waals surface area contributed by atoms with Crippen LogP contribution in [0.5, 0.6) is 5.75 Å². The fourth-order valence-corrected chi connectivity index (χ4v) is 6.75. The van der Waals surface area contributed by atoms with Crippen molar-refractivity contribution in [2.45, 2.75) is 83.6 Å². The van der Waals surface area contributed by atoms with Gasteiger partial charge < -0.3 is 63.6 Å². The van der Waals surface area contributed by atoms with Gasteiger partial charge in [0.1, 0.15) is 47.0 Å². The number of aliphatic imine (C=N–C) groups is 1. The lowest BCUT2D eigenvalue weighted by atomic mass is 10.00. The Morgan fingerprint density at radius 3 is 2.17 bits per heavy atom. The Labute approximate surface area is 400 Å². The number of nitrogens with zero attached hydrogens (tertiary/aromatic N) is 3. The minimum atomic E-state index is -1.58. The van der Waals surface area contributed by atoms with Gasteiger partial charge >= 0.3 is 5.63 Å². The van der Waals surface area contributed by atoms with Gasteiger partial charge in [-0.1, -0.05) is 13.8 Å². The minimum absolute atomic E-state index is 0.0559. The second-order valence-corrected chi connectivity index (χ2v) is 16.4. The van der Waals surface area contributed by atoms with E-state index in [1.807, 2.05) is 26.0 Å². The Hall–Kier alpha value is -8.23. The highest BCUT2D eigenvalue weighted by Crippen LogP contribution is 2.29. The summed E-state index contributed by atoms with van der Waals surface area (Å²) in [4.78, 5) is 125. The Balaban J connectivity index is 0.000000847. The lowest BCUT2D eigenvalue weighted by Gasteiger charge is -2.24. The summed E-state index contributed by atoms with van der Waals surface area (Å²) in [5, 5.41) is 41.6. The number of methoxy groups -OCH3 is 1. The van der Waals surface area contributed by atoms with Crippen LogP contribution >= 0.6 is 0 Å². The van der Waals surface area contributed by atoms with Crippen molar-refractivity contribution in [3.05, 3.63) is 79.2 Å². The van der Waals surface area contributed by atoms with E-state index in [4.69, 9.17) is 26.4 Å². The predicted octanol–water partition coefficient (Wildman–Crippen LogP) is -1.06. The van der Waals surface area contributed by atoms with Gasteiger partial charge in [0.2, 0.25) is 35.4 Å². The van der Waals surface area contributed by atoms with Crippen LogP contribution in [0.1, 0.15) is 53.4 Å². The van der Waals surface area contributed by atoms with E-state index in [0.717, 1.165) is 17.5 Å². The van der Waals surface area contributed by atoms with Crippen LogP contribution in [0.25, 0.3) is 11.0 Å². The number of hydrogen-bond donors (Lipinski definition) is 10. The van der Waals surface area contributed by atoms with Crippen LogP contribution in [0.4, 0.5) is 17.1 Å². The van der Waals surface area contributed by atoms with Crippen molar-refractivity contribution < 1.29 is 52.6 Å². The summed E-state index contributed by atoms with van der Waals surface area (Å²) >= 11 is 0. The van der Waals surface area contributed by atoms with Gasteiger partial charge in [-0.3, -0.25) is 58.8 Å². The maximum Gasteiger partial charge on any atom is 0.336 e. The molecule has 380 valence electrons. The molecular formula is C43H59N13O14. The largest absolute Gasteiger partial charge is 0.497 e. The van der Waals surface area contributed by atoms with E-state index in [1.54, 1.807) is 19.2 Å². The first-order valence-electron chi connectivity index (χ1n) is 21.8. The Morgan fingerprint density at radius 1 is 0.871 bits per heavy atom. The van der Waals surface area contributed by atoms with E-state index in [9.17, 15) is 58.6 Å². The normalized spacial score (nSPS) is 15.6. The van der Waals surface area contributed by atoms with Crippen LogP contribution < -0.4 is 64.8 Å². The van der Waals surface area contributed by atoms with Crippen LogP contribution in [0.2, 0.25) is 0 Å². The molecular weight excluding hydrogens is 923 g/mol. The first-order chi connectivity index (χ1) is 33.0. The summed E-state index contributed by atoms with van der Waals surface area (Å²) in [5.41, 5.74) is 14.6. The summed E-state index contributed by atoms with van der Waals surface area (Å²) in [5.74, 6) is -4.83. The van der Waals surface area contributed by atoms with Gasteiger partial charge in [0.25, 0.3) is 11.4 Å². The number of benzene rings is 2. The third kappa shape index (κ3) is 18.1. The highest BCUT2D eigenvalue weighted by atomic mass is 16.6. The summed E-state index contributed by atoms with van der Waals surface area (Å²) in [6.07, 6.45) is 0.770.